The van der Waals surface area contributed by atoms with Crippen molar-refractivity contribution in [2.45, 2.75) is 70.8 Å². The summed E-state index contributed by atoms with van der Waals surface area (Å²) >= 11 is -2.08. The van der Waals surface area contributed by atoms with Gasteiger partial charge in [0, 0.05) is 19.2 Å². The van der Waals surface area contributed by atoms with Crippen LogP contribution in [0.15, 0.2) is 34.7 Å². The summed E-state index contributed by atoms with van der Waals surface area (Å²) in [5, 5.41) is 3.44. The zero-order valence-corrected chi connectivity index (χ0v) is 21.9. The maximum atomic E-state index is 13.0. The van der Waals surface area contributed by atoms with E-state index in [1.807, 2.05) is 30.3 Å². The Morgan fingerprint density at radius 2 is 1.97 bits per heavy atom. The molecule has 2 aliphatic carbocycles. The number of pyridine rings is 1. The van der Waals surface area contributed by atoms with Crippen LogP contribution in [-0.4, -0.2) is 37.6 Å². The topological polar surface area (TPSA) is 95.7 Å². The molecule has 1 unspecified atom stereocenters. The SMILES string of the molecule is CCc1ccc(-c2oc3nc(CN(CCCC4CCC4)S(=O)O)c(C4CC4)cc3c2C(=O)NC)cc1. The van der Waals surface area contributed by atoms with Crippen molar-refractivity contribution in [1.29, 1.82) is 0 Å². The minimum Gasteiger partial charge on any atom is -0.437 e. The molecule has 0 aliphatic heterocycles. The first-order chi connectivity index (χ1) is 17.5. The van der Waals surface area contributed by atoms with Gasteiger partial charge in [0.05, 0.1) is 23.2 Å². The number of nitrogens with one attached hydrogen (secondary N) is 1. The van der Waals surface area contributed by atoms with Crippen LogP contribution in [0.1, 0.15) is 85.0 Å². The summed E-state index contributed by atoms with van der Waals surface area (Å²) in [5.41, 5.74) is 4.73. The number of rotatable bonds is 11. The smallest absolute Gasteiger partial charge is 0.255 e. The molecule has 2 N–H and O–H groups in total. The molecule has 5 rings (SSSR count). The van der Waals surface area contributed by atoms with Crippen LogP contribution in [0.3, 0.4) is 0 Å². The molecule has 0 spiro atoms. The van der Waals surface area contributed by atoms with E-state index in [4.69, 9.17) is 9.40 Å². The quantitative estimate of drug-likeness (QED) is 0.318. The standard InChI is InChI=1S/C28H35N3O4S/c1-3-18-9-11-21(12-10-18)26-25(27(32)29-2)23-16-22(20-13-14-20)24(30-28(23)35-26)17-31(36(33)34)15-5-8-19-6-4-7-19/h9-12,16,19-20H,3-8,13-15,17H2,1-2H3,(H,29,32)(H,33,34). The lowest BCUT2D eigenvalue weighted by Crippen LogP contribution is -2.28. The van der Waals surface area contributed by atoms with Gasteiger partial charge in [-0.25, -0.2) is 9.19 Å². The van der Waals surface area contributed by atoms with Crippen molar-refractivity contribution in [3.8, 4) is 11.3 Å². The van der Waals surface area contributed by atoms with Crippen molar-refractivity contribution in [1.82, 2.24) is 14.6 Å². The molecule has 3 aromatic rings. The van der Waals surface area contributed by atoms with E-state index in [0.717, 1.165) is 54.8 Å². The third-order valence-electron chi connectivity index (χ3n) is 7.68. The summed E-state index contributed by atoms with van der Waals surface area (Å²) in [7, 11) is 1.62. The number of hydrogen-bond acceptors (Lipinski definition) is 4. The largest absolute Gasteiger partial charge is 0.437 e. The number of aromatic nitrogens is 1. The summed E-state index contributed by atoms with van der Waals surface area (Å²) in [6, 6.07) is 10.1. The number of fused-ring (bicyclic) bond motifs is 1. The van der Waals surface area contributed by atoms with E-state index < -0.39 is 11.3 Å². The molecule has 7 nitrogen and oxygen atoms in total. The van der Waals surface area contributed by atoms with Crippen LogP contribution >= 0.6 is 0 Å². The Hall–Kier alpha value is -2.55. The summed E-state index contributed by atoms with van der Waals surface area (Å²) in [4.78, 5) is 17.8. The minimum atomic E-state index is -2.08. The average molecular weight is 510 g/mol. The molecule has 1 aromatic carbocycles. The third-order valence-corrected chi connectivity index (χ3v) is 8.44. The van der Waals surface area contributed by atoms with E-state index >= 15 is 0 Å². The molecule has 2 fully saturated rings. The minimum absolute atomic E-state index is 0.214. The monoisotopic (exact) mass is 509 g/mol. The van der Waals surface area contributed by atoms with Crippen LogP contribution < -0.4 is 5.32 Å². The second-order valence-corrected chi connectivity index (χ2v) is 11.1. The predicted molar refractivity (Wildman–Crippen MR) is 142 cm³/mol. The first-order valence-electron chi connectivity index (χ1n) is 13.1. The summed E-state index contributed by atoms with van der Waals surface area (Å²) in [6.45, 7) is 2.94. The van der Waals surface area contributed by atoms with Crippen molar-refractivity contribution in [2.75, 3.05) is 13.6 Å². The number of carbonyl (C=O) groups is 1. The molecule has 2 heterocycles. The lowest BCUT2D eigenvalue weighted by molar-refractivity contribution is 0.0964. The highest BCUT2D eigenvalue weighted by molar-refractivity contribution is 7.76. The van der Waals surface area contributed by atoms with Gasteiger partial charge in [-0.1, -0.05) is 50.5 Å². The third kappa shape index (κ3) is 5.26. The fraction of sp³-hybridized carbons (Fsp3) is 0.500. The van der Waals surface area contributed by atoms with Crippen molar-refractivity contribution >= 4 is 28.3 Å². The van der Waals surface area contributed by atoms with E-state index in [1.165, 1.54) is 24.8 Å². The Balaban J connectivity index is 1.51. The van der Waals surface area contributed by atoms with E-state index in [2.05, 4.69) is 12.2 Å². The number of amides is 1. The molecule has 1 amide bonds. The maximum absolute atomic E-state index is 13.0. The number of carbonyl (C=O) groups excluding carboxylic acids is 1. The van der Waals surface area contributed by atoms with Gasteiger partial charge < -0.3 is 9.73 Å². The van der Waals surface area contributed by atoms with Crippen molar-refractivity contribution in [3.05, 3.63) is 52.7 Å². The Bertz CT molecular complexity index is 1260. The van der Waals surface area contributed by atoms with Gasteiger partial charge in [-0.3, -0.25) is 9.35 Å². The van der Waals surface area contributed by atoms with E-state index in [0.29, 0.717) is 34.9 Å². The molecule has 2 aromatic heterocycles. The normalized spacial score (nSPS) is 16.9. The van der Waals surface area contributed by atoms with Gasteiger partial charge in [0.25, 0.3) is 5.91 Å². The van der Waals surface area contributed by atoms with E-state index in [-0.39, 0.29) is 12.5 Å². The van der Waals surface area contributed by atoms with Crippen LogP contribution in [-0.2, 0) is 24.2 Å². The van der Waals surface area contributed by atoms with Gasteiger partial charge in [0.15, 0.2) is 0 Å². The Kier molecular flexibility index (Phi) is 7.55. The summed E-state index contributed by atoms with van der Waals surface area (Å²) in [6.07, 6.45) is 8.92. The van der Waals surface area contributed by atoms with Crippen molar-refractivity contribution < 1.29 is 18.0 Å². The summed E-state index contributed by atoms with van der Waals surface area (Å²) < 4.78 is 30.0. The van der Waals surface area contributed by atoms with Crippen LogP contribution in [0.5, 0.6) is 0 Å². The van der Waals surface area contributed by atoms with Gasteiger partial charge in [-0.15, -0.1) is 0 Å². The van der Waals surface area contributed by atoms with Gasteiger partial charge in [0.1, 0.15) is 5.76 Å². The number of nitrogens with zero attached hydrogens (tertiary/aromatic N) is 2. The highest BCUT2D eigenvalue weighted by atomic mass is 32.2. The fourth-order valence-corrected chi connectivity index (χ4v) is 5.63. The molecular formula is C28H35N3O4S. The molecule has 2 saturated carbocycles. The van der Waals surface area contributed by atoms with Gasteiger partial charge >= 0.3 is 0 Å². The molecule has 0 saturated heterocycles. The van der Waals surface area contributed by atoms with Crippen LogP contribution in [0.4, 0.5) is 0 Å². The highest BCUT2D eigenvalue weighted by Gasteiger charge is 2.31. The Morgan fingerprint density at radius 3 is 2.56 bits per heavy atom. The lowest BCUT2D eigenvalue weighted by atomic mass is 9.82. The Morgan fingerprint density at radius 1 is 1.22 bits per heavy atom. The van der Waals surface area contributed by atoms with Crippen LogP contribution in [0.2, 0.25) is 0 Å². The predicted octanol–water partition coefficient (Wildman–Crippen LogP) is 5.81. The Labute approximate surface area is 215 Å². The van der Waals surface area contributed by atoms with E-state index in [9.17, 15) is 13.6 Å². The first kappa shape index (κ1) is 25.1. The molecule has 1 atom stereocenters. The van der Waals surface area contributed by atoms with Crippen LogP contribution in [0, 0.1) is 5.92 Å². The van der Waals surface area contributed by atoms with Crippen molar-refractivity contribution in [2.24, 2.45) is 5.92 Å². The zero-order chi connectivity index (χ0) is 25.2. The molecular weight excluding hydrogens is 474 g/mol. The number of hydrogen-bond donors (Lipinski definition) is 2. The van der Waals surface area contributed by atoms with Gasteiger partial charge in [-0.2, -0.15) is 4.31 Å². The van der Waals surface area contributed by atoms with Crippen LogP contribution in [0.25, 0.3) is 22.4 Å². The highest BCUT2D eigenvalue weighted by Crippen LogP contribution is 2.44. The molecule has 8 heteroatoms. The summed E-state index contributed by atoms with van der Waals surface area (Å²) in [5.74, 6) is 1.42. The number of benzene rings is 1. The molecule has 36 heavy (non-hydrogen) atoms. The second-order valence-electron chi connectivity index (χ2n) is 10.1. The fourth-order valence-electron chi connectivity index (χ4n) is 5.11. The molecule has 0 radical (unpaired) electrons. The number of furan rings is 1. The molecule has 0 bridgehead atoms. The molecule has 192 valence electrons. The number of aryl methyl sites for hydroxylation is 1. The van der Waals surface area contributed by atoms with E-state index in [1.54, 1.807) is 11.4 Å². The zero-order valence-electron chi connectivity index (χ0n) is 21.1. The first-order valence-corrected chi connectivity index (χ1v) is 14.2. The van der Waals surface area contributed by atoms with Gasteiger partial charge in [0.2, 0.25) is 17.0 Å². The molecule has 2 aliphatic rings. The second kappa shape index (κ2) is 10.8. The lowest BCUT2D eigenvalue weighted by Gasteiger charge is -2.26. The maximum Gasteiger partial charge on any atom is 0.255 e. The van der Waals surface area contributed by atoms with Crippen molar-refractivity contribution in [3.63, 3.8) is 0 Å². The van der Waals surface area contributed by atoms with Gasteiger partial charge in [-0.05, 0) is 61.1 Å². The average Bonchev–Trinajstić information content (AvgIpc) is 3.64.